The van der Waals surface area contributed by atoms with Gasteiger partial charge in [-0.15, -0.1) is 0 Å². The molecular weight excluding hydrogens is 401 g/mol. The predicted octanol–water partition coefficient (Wildman–Crippen LogP) is 5.22. The average Bonchev–Trinajstić information content (AvgIpc) is 3.40. The first-order valence-corrected chi connectivity index (χ1v) is 9.26. The van der Waals surface area contributed by atoms with Crippen LogP contribution in [0.5, 0.6) is 0 Å². The summed E-state index contributed by atoms with van der Waals surface area (Å²) in [6.07, 6.45) is 3.56. The van der Waals surface area contributed by atoms with E-state index in [4.69, 9.17) is 32.1 Å². The highest BCUT2D eigenvalue weighted by atomic mass is 35.5. The Balaban J connectivity index is 1.48. The van der Waals surface area contributed by atoms with Gasteiger partial charge >= 0.3 is 0 Å². The van der Waals surface area contributed by atoms with Gasteiger partial charge in [-0.1, -0.05) is 34.4 Å². The molecule has 0 radical (unpaired) electrons. The van der Waals surface area contributed by atoms with Crippen molar-refractivity contribution in [1.82, 2.24) is 14.9 Å². The summed E-state index contributed by atoms with van der Waals surface area (Å²) in [4.78, 5) is 12.6. The second kappa shape index (κ2) is 7.66. The Morgan fingerprint density at radius 3 is 2.75 bits per heavy atom. The lowest BCUT2D eigenvalue weighted by Gasteiger charge is -2.03. The molecule has 0 aliphatic heterocycles. The number of rotatable bonds is 6. The Morgan fingerprint density at radius 1 is 1.14 bits per heavy atom. The van der Waals surface area contributed by atoms with Crippen LogP contribution >= 0.6 is 23.2 Å². The highest BCUT2D eigenvalue weighted by Gasteiger charge is 2.18. The molecule has 4 aromatic rings. The summed E-state index contributed by atoms with van der Waals surface area (Å²) >= 11 is 12.0. The van der Waals surface area contributed by atoms with Crippen LogP contribution in [-0.4, -0.2) is 20.7 Å². The lowest BCUT2D eigenvalue weighted by Crippen LogP contribution is -2.04. The van der Waals surface area contributed by atoms with Gasteiger partial charge in [0.15, 0.2) is 17.2 Å². The first kappa shape index (κ1) is 18.5. The zero-order valence-corrected chi connectivity index (χ0v) is 16.4. The van der Waals surface area contributed by atoms with Gasteiger partial charge in [0.05, 0.1) is 28.5 Å². The highest BCUT2D eigenvalue weighted by molar-refractivity contribution is 6.42. The van der Waals surface area contributed by atoms with Crippen molar-refractivity contribution in [1.29, 1.82) is 0 Å². The number of ketones is 1. The molecule has 0 aliphatic carbocycles. The van der Waals surface area contributed by atoms with Crippen molar-refractivity contribution in [2.24, 2.45) is 0 Å². The van der Waals surface area contributed by atoms with Crippen molar-refractivity contribution in [2.75, 3.05) is 0 Å². The standard InChI is InChI=1S/C20H15Cl2N3O3/c1-12-14(11-25(23-12)10-13-4-5-15(21)16(22)7-13)8-18(26)17-9-20(28-24-17)19-3-2-6-27-19/h2-7,9,11H,8,10H2,1H3. The summed E-state index contributed by atoms with van der Waals surface area (Å²) < 4.78 is 12.2. The molecule has 0 saturated heterocycles. The Hall–Kier alpha value is -2.83. The third kappa shape index (κ3) is 3.88. The molecule has 8 heteroatoms. The van der Waals surface area contributed by atoms with Crippen LogP contribution in [0.2, 0.25) is 10.0 Å². The molecule has 3 heterocycles. The molecule has 0 saturated carbocycles. The van der Waals surface area contributed by atoms with Gasteiger partial charge in [0, 0.05) is 24.2 Å². The molecule has 6 nitrogen and oxygen atoms in total. The van der Waals surface area contributed by atoms with E-state index in [-0.39, 0.29) is 17.9 Å². The van der Waals surface area contributed by atoms with Crippen LogP contribution in [0.1, 0.15) is 27.3 Å². The van der Waals surface area contributed by atoms with Crippen LogP contribution in [0, 0.1) is 6.92 Å². The topological polar surface area (TPSA) is 74.1 Å². The fourth-order valence-corrected chi connectivity index (χ4v) is 3.16. The summed E-state index contributed by atoms with van der Waals surface area (Å²) in [6, 6.07) is 10.5. The van der Waals surface area contributed by atoms with Crippen LogP contribution < -0.4 is 0 Å². The molecule has 0 N–H and O–H groups in total. The number of carbonyl (C=O) groups is 1. The Labute approximate surface area is 170 Å². The van der Waals surface area contributed by atoms with Gasteiger partial charge in [-0.25, -0.2) is 0 Å². The van der Waals surface area contributed by atoms with E-state index in [2.05, 4.69) is 10.3 Å². The van der Waals surface area contributed by atoms with E-state index in [0.29, 0.717) is 28.1 Å². The molecule has 4 rings (SSSR count). The average molecular weight is 416 g/mol. The van der Waals surface area contributed by atoms with E-state index < -0.39 is 0 Å². The van der Waals surface area contributed by atoms with E-state index in [9.17, 15) is 4.79 Å². The predicted molar refractivity (Wildman–Crippen MR) is 105 cm³/mol. The maximum atomic E-state index is 12.6. The maximum absolute atomic E-state index is 12.6. The molecule has 0 fully saturated rings. The molecule has 0 spiro atoms. The number of hydrogen-bond acceptors (Lipinski definition) is 5. The minimum Gasteiger partial charge on any atom is -0.461 e. The SMILES string of the molecule is Cc1nn(Cc2ccc(Cl)c(Cl)c2)cc1CC(=O)c1cc(-c2ccco2)on1. The van der Waals surface area contributed by atoms with Crippen LogP contribution in [-0.2, 0) is 13.0 Å². The molecule has 28 heavy (non-hydrogen) atoms. The second-order valence-corrected chi connectivity index (χ2v) is 7.15. The number of furan rings is 1. The second-order valence-electron chi connectivity index (χ2n) is 6.34. The number of aryl methyl sites for hydroxylation is 1. The number of halogens is 2. The van der Waals surface area contributed by atoms with Crippen LogP contribution in [0.4, 0.5) is 0 Å². The Bertz CT molecular complexity index is 1130. The quantitative estimate of drug-likeness (QED) is 0.403. The summed E-state index contributed by atoms with van der Waals surface area (Å²) in [5, 5.41) is 9.34. The first-order valence-electron chi connectivity index (χ1n) is 8.50. The minimum atomic E-state index is -0.154. The number of carbonyl (C=O) groups excluding carboxylic acids is 1. The molecule has 0 atom stereocenters. The van der Waals surface area contributed by atoms with Crippen LogP contribution in [0.3, 0.4) is 0 Å². The van der Waals surface area contributed by atoms with Crippen LogP contribution in [0.25, 0.3) is 11.5 Å². The zero-order chi connectivity index (χ0) is 19.7. The van der Waals surface area contributed by atoms with E-state index in [0.717, 1.165) is 16.8 Å². The third-order valence-corrected chi connectivity index (χ3v) is 5.03. The van der Waals surface area contributed by atoms with E-state index >= 15 is 0 Å². The van der Waals surface area contributed by atoms with Crippen LogP contribution in [0.15, 0.2) is 57.8 Å². The molecule has 0 amide bonds. The van der Waals surface area contributed by atoms with Gasteiger partial charge in [-0.05, 0) is 36.8 Å². The van der Waals surface area contributed by atoms with Gasteiger partial charge in [-0.3, -0.25) is 9.48 Å². The molecule has 0 unspecified atom stereocenters. The van der Waals surface area contributed by atoms with Crippen molar-refractivity contribution < 1.29 is 13.7 Å². The monoisotopic (exact) mass is 415 g/mol. The maximum Gasteiger partial charge on any atom is 0.202 e. The fourth-order valence-electron chi connectivity index (χ4n) is 2.84. The first-order chi connectivity index (χ1) is 13.5. The Kier molecular flexibility index (Phi) is 5.07. The van der Waals surface area contributed by atoms with Gasteiger partial charge < -0.3 is 8.94 Å². The van der Waals surface area contributed by atoms with Gasteiger partial charge in [0.2, 0.25) is 5.76 Å². The minimum absolute atomic E-state index is 0.154. The molecular formula is C20H15Cl2N3O3. The third-order valence-electron chi connectivity index (χ3n) is 4.29. The molecule has 0 aliphatic rings. The highest BCUT2D eigenvalue weighted by Crippen LogP contribution is 2.24. The number of hydrogen-bond donors (Lipinski definition) is 0. The molecule has 142 valence electrons. The lowest BCUT2D eigenvalue weighted by atomic mass is 10.1. The molecule has 3 aromatic heterocycles. The molecule has 0 bridgehead atoms. The van der Waals surface area contributed by atoms with E-state index in [1.807, 2.05) is 19.2 Å². The largest absolute Gasteiger partial charge is 0.461 e. The smallest absolute Gasteiger partial charge is 0.202 e. The Morgan fingerprint density at radius 2 is 2.00 bits per heavy atom. The fraction of sp³-hybridized carbons (Fsp3) is 0.150. The van der Waals surface area contributed by atoms with Crippen molar-refractivity contribution in [2.45, 2.75) is 19.9 Å². The lowest BCUT2D eigenvalue weighted by molar-refractivity contribution is 0.0984. The summed E-state index contributed by atoms with van der Waals surface area (Å²) in [5.74, 6) is 0.788. The van der Waals surface area contributed by atoms with Crippen molar-refractivity contribution >= 4 is 29.0 Å². The van der Waals surface area contributed by atoms with Crippen molar-refractivity contribution in [3.05, 3.63) is 81.4 Å². The summed E-state index contributed by atoms with van der Waals surface area (Å²) in [7, 11) is 0. The van der Waals surface area contributed by atoms with E-state index in [1.165, 1.54) is 6.26 Å². The molecule has 1 aromatic carbocycles. The zero-order valence-electron chi connectivity index (χ0n) is 14.9. The van der Waals surface area contributed by atoms with E-state index in [1.54, 1.807) is 35.0 Å². The van der Waals surface area contributed by atoms with Crippen molar-refractivity contribution in [3.63, 3.8) is 0 Å². The normalized spacial score (nSPS) is 11.1. The number of Topliss-reactive ketones (excluding diaryl/α,β-unsaturated/α-hetero) is 1. The summed E-state index contributed by atoms with van der Waals surface area (Å²) in [5.41, 5.74) is 2.83. The summed E-state index contributed by atoms with van der Waals surface area (Å²) in [6.45, 7) is 2.39. The van der Waals surface area contributed by atoms with Gasteiger partial charge in [-0.2, -0.15) is 5.10 Å². The number of benzene rings is 1. The van der Waals surface area contributed by atoms with Crippen molar-refractivity contribution in [3.8, 4) is 11.5 Å². The number of nitrogens with zero attached hydrogens (tertiary/aromatic N) is 3. The van der Waals surface area contributed by atoms with Gasteiger partial charge in [0.1, 0.15) is 0 Å². The number of aromatic nitrogens is 3. The van der Waals surface area contributed by atoms with Gasteiger partial charge in [0.25, 0.3) is 0 Å².